The Morgan fingerprint density at radius 1 is 1.15 bits per heavy atom. The number of nitrogens with zero attached hydrogens (tertiary/aromatic N) is 1. The largest absolute Gasteiger partial charge is 0.336 e. The third-order valence-electron chi connectivity index (χ3n) is 4.89. The van der Waals surface area contributed by atoms with Gasteiger partial charge in [0.25, 0.3) is 5.91 Å². The summed E-state index contributed by atoms with van der Waals surface area (Å²) in [6.45, 7) is 3.25. The molecule has 1 heterocycles. The van der Waals surface area contributed by atoms with Crippen molar-refractivity contribution in [2.75, 3.05) is 13.1 Å². The van der Waals surface area contributed by atoms with Gasteiger partial charge in [-0.15, -0.1) is 12.4 Å². The van der Waals surface area contributed by atoms with E-state index in [1.165, 1.54) is 0 Å². The number of carbonyl (C=O) groups is 1. The first-order valence-electron chi connectivity index (χ1n) is 8.78. The number of hydrogen-bond acceptors (Lipinski definition) is 4. The average Bonchev–Trinajstić information content (AvgIpc) is 3.02. The molecule has 27 heavy (non-hydrogen) atoms. The first-order chi connectivity index (χ1) is 12.4. The molecule has 3 rings (SSSR count). The summed E-state index contributed by atoms with van der Waals surface area (Å²) in [5.41, 5.74) is 6.88. The van der Waals surface area contributed by atoms with Crippen LogP contribution in [0.5, 0.6) is 0 Å². The molecule has 1 saturated heterocycles. The fourth-order valence-electron chi connectivity index (χ4n) is 3.49. The number of halogens is 1. The minimum atomic E-state index is -3.44. The molecule has 1 aliphatic heterocycles. The van der Waals surface area contributed by atoms with Crippen molar-refractivity contribution in [2.24, 2.45) is 11.7 Å². The first-order valence-corrected chi connectivity index (χ1v) is 10.4. The molecule has 0 aliphatic carbocycles. The molecule has 0 saturated carbocycles. The van der Waals surface area contributed by atoms with Gasteiger partial charge in [-0.3, -0.25) is 4.79 Å². The maximum absolute atomic E-state index is 12.8. The van der Waals surface area contributed by atoms with E-state index in [1.54, 1.807) is 54.6 Å². The monoisotopic (exact) mass is 408 g/mol. The summed E-state index contributed by atoms with van der Waals surface area (Å²) >= 11 is 0. The van der Waals surface area contributed by atoms with Gasteiger partial charge in [0.05, 0.1) is 10.6 Å². The van der Waals surface area contributed by atoms with Crippen LogP contribution in [0.4, 0.5) is 0 Å². The lowest BCUT2D eigenvalue weighted by atomic mass is 10.1. The summed E-state index contributed by atoms with van der Waals surface area (Å²) in [4.78, 5) is 15.0. The molecule has 2 N–H and O–H groups in total. The van der Waals surface area contributed by atoms with Crippen LogP contribution in [-0.4, -0.2) is 38.4 Å². The minimum absolute atomic E-state index is 0. The van der Waals surface area contributed by atoms with Crippen LogP contribution < -0.4 is 5.73 Å². The van der Waals surface area contributed by atoms with Crippen LogP contribution in [0.15, 0.2) is 59.5 Å². The second-order valence-electron chi connectivity index (χ2n) is 6.92. The summed E-state index contributed by atoms with van der Waals surface area (Å²) in [7, 11) is -3.44. The van der Waals surface area contributed by atoms with Crippen molar-refractivity contribution >= 4 is 28.2 Å². The van der Waals surface area contributed by atoms with Gasteiger partial charge in [-0.25, -0.2) is 8.42 Å². The lowest BCUT2D eigenvalue weighted by molar-refractivity contribution is 0.0743. The number of hydrogen-bond donors (Lipinski definition) is 1. The highest BCUT2D eigenvalue weighted by atomic mass is 35.5. The van der Waals surface area contributed by atoms with Crippen LogP contribution in [0.2, 0.25) is 0 Å². The maximum Gasteiger partial charge on any atom is 0.254 e. The summed E-state index contributed by atoms with van der Waals surface area (Å²) in [6.07, 6.45) is 0.907. The Balaban J connectivity index is 0.00000261. The van der Waals surface area contributed by atoms with Gasteiger partial charge >= 0.3 is 0 Å². The highest BCUT2D eigenvalue weighted by molar-refractivity contribution is 7.90. The van der Waals surface area contributed by atoms with Gasteiger partial charge in [0.2, 0.25) is 0 Å². The van der Waals surface area contributed by atoms with E-state index in [0.717, 1.165) is 6.42 Å². The highest BCUT2D eigenvalue weighted by Crippen LogP contribution is 2.25. The zero-order valence-corrected chi connectivity index (χ0v) is 16.9. The van der Waals surface area contributed by atoms with Crippen molar-refractivity contribution in [2.45, 2.75) is 30.0 Å². The maximum atomic E-state index is 12.8. The van der Waals surface area contributed by atoms with Gasteiger partial charge in [-0.05, 0) is 55.6 Å². The second kappa shape index (κ2) is 8.87. The van der Waals surface area contributed by atoms with Crippen LogP contribution in [-0.2, 0) is 15.6 Å². The Morgan fingerprint density at radius 3 is 2.48 bits per heavy atom. The number of nitrogens with two attached hydrogens (primary N) is 1. The number of sulfone groups is 1. The van der Waals surface area contributed by atoms with E-state index in [2.05, 4.69) is 0 Å². The third kappa shape index (κ3) is 4.89. The summed E-state index contributed by atoms with van der Waals surface area (Å²) in [6, 6.07) is 15.4. The van der Waals surface area contributed by atoms with E-state index in [1.807, 2.05) is 11.8 Å². The molecule has 2 aromatic carbocycles. The number of rotatable bonds is 5. The Labute approximate surface area is 166 Å². The number of amides is 1. The predicted octanol–water partition coefficient (Wildman–Crippen LogP) is 2.89. The second-order valence-corrected chi connectivity index (χ2v) is 8.91. The fourth-order valence-corrected chi connectivity index (χ4v) is 4.84. The van der Waals surface area contributed by atoms with E-state index >= 15 is 0 Å². The van der Waals surface area contributed by atoms with Gasteiger partial charge < -0.3 is 10.6 Å². The van der Waals surface area contributed by atoms with Crippen molar-refractivity contribution in [3.05, 3.63) is 65.7 Å². The van der Waals surface area contributed by atoms with Gasteiger partial charge in [-0.2, -0.15) is 0 Å². The Bertz CT molecular complexity index is 887. The van der Waals surface area contributed by atoms with Crippen LogP contribution >= 0.6 is 12.4 Å². The normalized spacial score (nSPS) is 19.6. The lowest BCUT2D eigenvalue weighted by Gasteiger charge is -2.22. The van der Waals surface area contributed by atoms with Crippen molar-refractivity contribution < 1.29 is 13.2 Å². The Hall–Kier alpha value is -1.89. The van der Waals surface area contributed by atoms with Crippen LogP contribution in [0, 0.1) is 5.92 Å². The quantitative estimate of drug-likeness (QED) is 0.824. The Morgan fingerprint density at radius 2 is 1.85 bits per heavy atom. The zero-order chi connectivity index (χ0) is 18.7. The molecule has 1 aliphatic rings. The topological polar surface area (TPSA) is 80.5 Å². The van der Waals surface area contributed by atoms with Crippen molar-refractivity contribution in [1.29, 1.82) is 0 Å². The summed E-state index contributed by atoms with van der Waals surface area (Å²) in [5, 5.41) is 0. The van der Waals surface area contributed by atoms with E-state index < -0.39 is 9.84 Å². The zero-order valence-electron chi connectivity index (χ0n) is 15.2. The first kappa shape index (κ1) is 21.4. The van der Waals surface area contributed by atoms with Crippen molar-refractivity contribution in [3.8, 4) is 0 Å². The van der Waals surface area contributed by atoms with Crippen LogP contribution in [0.1, 0.15) is 29.3 Å². The smallest absolute Gasteiger partial charge is 0.254 e. The van der Waals surface area contributed by atoms with Gasteiger partial charge in [0.1, 0.15) is 0 Å². The van der Waals surface area contributed by atoms with Gasteiger partial charge in [0, 0.05) is 18.2 Å². The SMILES string of the molecule is CC1CC(CN)CN1C(=O)c1cccc(CS(=O)(=O)c2ccccc2)c1.Cl. The minimum Gasteiger partial charge on any atom is -0.336 e. The van der Waals surface area contributed by atoms with E-state index in [0.29, 0.717) is 30.1 Å². The molecule has 1 amide bonds. The van der Waals surface area contributed by atoms with Gasteiger partial charge in [-0.1, -0.05) is 30.3 Å². The molecule has 2 aromatic rings. The fraction of sp³-hybridized carbons (Fsp3) is 0.350. The summed E-state index contributed by atoms with van der Waals surface area (Å²) < 4.78 is 25.1. The van der Waals surface area contributed by atoms with E-state index in [9.17, 15) is 13.2 Å². The van der Waals surface area contributed by atoms with Crippen molar-refractivity contribution in [3.63, 3.8) is 0 Å². The molecule has 7 heteroatoms. The molecule has 2 atom stereocenters. The third-order valence-corrected chi connectivity index (χ3v) is 6.59. The van der Waals surface area contributed by atoms with Gasteiger partial charge in [0.15, 0.2) is 9.84 Å². The number of likely N-dealkylation sites (tertiary alicyclic amines) is 1. The molecular formula is C20H25ClN2O3S. The molecule has 1 fully saturated rings. The molecule has 0 radical (unpaired) electrons. The van der Waals surface area contributed by atoms with E-state index in [4.69, 9.17) is 5.73 Å². The van der Waals surface area contributed by atoms with E-state index in [-0.39, 0.29) is 35.0 Å². The average molecular weight is 409 g/mol. The Kier molecular flexibility index (Phi) is 7.03. The number of carbonyl (C=O) groups excluding carboxylic acids is 1. The molecular weight excluding hydrogens is 384 g/mol. The standard InChI is InChI=1S/C20H24N2O3S.ClH/c1-15-10-17(12-21)13-22(15)20(23)18-7-5-6-16(11-18)14-26(24,25)19-8-3-2-4-9-19;/h2-9,11,15,17H,10,12-14,21H2,1H3;1H. The predicted molar refractivity (Wildman–Crippen MR) is 109 cm³/mol. The molecule has 2 unspecified atom stereocenters. The lowest BCUT2D eigenvalue weighted by Crippen LogP contribution is -2.34. The highest BCUT2D eigenvalue weighted by Gasteiger charge is 2.32. The van der Waals surface area contributed by atoms with Crippen LogP contribution in [0.25, 0.3) is 0 Å². The van der Waals surface area contributed by atoms with Crippen molar-refractivity contribution in [1.82, 2.24) is 4.90 Å². The van der Waals surface area contributed by atoms with Crippen LogP contribution in [0.3, 0.4) is 0 Å². The molecule has 5 nitrogen and oxygen atoms in total. The molecule has 0 spiro atoms. The molecule has 0 aromatic heterocycles. The number of benzene rings is 2. The molecule has 0 bridgehead atoms. The summed E-state index contributed by atoms with van der Waals surface area (Å²) in [5.74, 6) is 0.141. The molecule has 146 valence electrons.